The molecule has 0 saturated carbocycles. The number of carbonyl (C=O) groups excluding carboxylic acids is 1. The molecule has 0 unspecified atom stereocenters. The van der Waals surface area contributed by atoms with Gasteiger partial charge in [0.15, 0.2) is 11.6 Å². The summed E-state index contributed by atoms with van der Waals surface area (Å²) in [5, 5.41) is 8.62. The number of nitrogens with zero attached hydrogens (tertiary/aromatic N) is 1. The molecule has 102 valence electrons. The zero-order chi connectivity index (χ0) is 14.5. The van der Waals surface area contributed by atoms with E-state index < -0.39 is 11.7 Å². The minimum absolute atomic E-state index is 0.00905. The third kappa shape index (κ3) is 2.93. The predicted molar refractivity (Wildman–Crippen MR) is 65.8 cm³/mol. The van der Waals surface area contributed by atoms with Gasteiger partial charge in [0.05, 0.1) is 17.2 Å². The molecule has 1 aromatic carbocycles. The van der Waals surface area contributed by atoms with Crippen LogP contribution in [0, 0.1) is 17.1 Å². The van der Waals surface area contributed by atoms with Crippen molar-refractivity contribution in [3.05, 3.63) is 53.2 Å². The van der Waals surface area contributed by atoms with Gasteiger partial charge < -0.3 is 9.15 Å². The highest BCUT2D eigenvalue weighted by Crippen LogP contribution is 2.20. The van der Waals surface area contributed by atoms with Gasteiger partial charge in [-0.05, 0) is 24.3 Å². The monoisotopic (exact) mass is 275 g/mol. The minimum atomic E-state index is -0.643. The summed E-state index contributed by atoms with van der Waals surface area (Å²) < 4.78 is 23.8. The Morgan fingerprint density at radius 2 is 2.30 bits per heavy atom. The first-order valence-corrected chi connectivity index (χ1v) is 5.55. The van der Waals surface area contributed by atoms with Crippen molar-refractivity contribution in [3.63, 3.8) is 0 Å². The van der Waals surface area contributed by atoms with Crippen molar-refractivity contribution in [2.75, 3.05) is 0 Å². The van der Waals surface area contributed by atoms with E-state index in [1.807, 2.05) is 11.5 Å². The third-order valence-corrected chi connectivity index (χ3v) is 2.48. The normalized spacial score (nSPS) is 9.85. The fourth-order valence-corrected chi connectivity index (χ4v) is 1.50. The van der Waals surface area contributed by atoms with Crippen molar-refractivity contribution in [2.45, 2.75) is 6.61 Å². The molecule has 0 saturated heterocycles. The van der Waals surface area contributed by atoms with Crippen LogP contribution in [-0.2, 0) is 6.61 Å². The molecular formula is C13H10FN3O3. The van der Waals surface area contributed by atoms with E-state index in [0.717, 1.165) is 6.07 Å². The Morgan fingerprint density at radius 1 is 1.50 bits per heavy atom. The first-order valence-electron chi connectivity index (χ1n) is 5.55. The SMILES string of the molecule is N#Cc1ccc(OCc2cc(C(=O)NN)co2)c(F)c1. The second-order valence-electron chi connectivity index (χ2n) is 3.82. The summed E-state index contributed by atoms with van der Waals surface area (Å²) in [5.74, 6) is 4.17. The van der Waals surface area contributed by atoms with E-state index in [1.165, 1.54) is 24.5 Å². The first kappa shape index (κ1) is 13.6. The summed E-state index contributed by atoms with van der Waals surface area (Å²) in [4.78, 5) is 11.2. The number of nitrogen functional groups attached to an aromatic ring is 1. The van der Waals surface area contributed by atoms with Gasteiger partial charge in [-0.2, -0.15) is 5.26 Å². The average molecular weight is 275 g/mol. The van der Waals surface area contributed by atoms with Crippen molar-refractivity contribution in [1.29, 1.82) is 5.26 Å². The number of nitriles is 1. The lowest BCUT2D eigenvalue weighted by molar-refractivity contribution is 0.0953. The number of nitrogens with two attached hydrogens (primary N) is 1. The number of amides is 1. The van der Waals surface area contributed by atoms with Gasteiger partial charge in [-0.1, -0.05) is 0 Å². The van der Waals surface area contributed by atoms with E-state index in [0.29, 0.717) is 5.76 Å². The van der Waals surface area contributed by atoms with E-state index in [9.17, 15) is 9.18 Å². The van der Waals surface area contributed by atoms with E-state index in [4.69, 9.17) is 20.3 Å². The number of rotatable bonds is 4. The van der Waals surface area contributed by atoms with E-state index in [-0.39, 0.29) is 23.5 Å². The molecule has 1 heterocycles. The van der Waals surface area contributed by atoms with E-state index >= 15 is 0 Å². The van der Waals surface area contributed by atoms with Gasteiger partial charge in [0.2, 0.25) is 0 Å². The lowest BCUT2D eigenvalue weighted by Crippen LogP contribution is -2.29. The standard InChI is InChI=1S/C13H10FN3O3/c14-11-3-8(5-15)1-2-12(11)20-7-10-4-9(6-19-10)13(18)17-16/h1-4,6H,7,16H2,(H,17,18). The smallest absolute Gasteiger partial charge is 0.268 e. The fourth-order valence-electron chi connectivity index (χ4n) is 1.50. The highest BCUT2D eigenvalue weighted by atomic mass is 19.1. The molecule has 0 spiro atoms. The maximum atomic E-state index is 13.5. The van der Waals surface area contributed by atoms with Gasteiger partial charge in [0.25, 0.3) is 5.91 Å². The molecule has 3 N–H and O–H groups in total. The molecule has 0 radical (unpaired) electrons. The summed E-state index contributed by atoms with van der Waals surface area (Å²) in [6.45, 7) is -0.0549. The first-order chi connectivity index (χ1) is 9.63. The molecule has 7 heteroatoms. The molecule has 0 atom stereocenters. The molecule has 2 aromatic rings. The summed E-state index contributed by atoms with van der Waals surface area (Å²) in [6, 6.07) is 7.12. The van der Waals surface area contributed by atoms with Crippen LogP contribution in [0.2, 0.25) is 0 Å². The number of hydrazine groups is 1. The lowest BCUT2D eigenvalue weighted by Gasteiger charge is -2.05. The number of hydrogen-bond donors (Lipinski definition) is 2. The molecule has 6 nitrogen and oxygen atoms in total. The Morgan fingerprint density at radius 3 is 2.95 bits per heavy atom. The highest BCUT2D eigenvalue weighted by molar-refractivity contribution is 5.93. The molecule has 1 amide bonds. The molecule has 0 bridgehead atoms. The van der Waals surface area contributed by atoms with Crippen molar-refractivity contribution in [2.24, 2.45) is 5.84 Å². The largest absolute Gasteiger partial charge is 0.483 e. The lowest BCUT2D eigenvalue weighted by atomic mass is 10.2. The highest BCUT2D eigenvalue weighted by Gasteiger charge is 2.10. The van der Waals surface area contributed by atoms with Gasteiger partial charge in [-0.15, -0.1) is 0 Å². The van der Waals surface area contributed by atoms with Gasteiger partial charge in [0, 0.05) is 0 Å². The van der Waals surface area contributed by atoms with E-state index in [1.54, 1.807) is 0 Å². The molecule has 0 aliphatic carbocycles. The van der Waals surface area contributed by atoms with Crippen molar-refractivity contribution < 1.29 is 18.3 Å². The van der Waals surface area contributed by atoms with Crippen LogP contribution in [-0.4, -0.2) is 5.91 Å². The molecule has 0 aliphatic heterocycles. The van der Waals surface area contributed by atoms with Crippen LogP contribution in [0.3, 0.4) is 0 Å². The maximum absolute atomic E-state index is 13.5. The Balaban J connectivity index is 2.04. The Labute approximate surface area is 113 Å². The van der Waals surface area contributed by atoms with Crippen LogP contribution < -0.4 is 16.0 Å². The topological polar surface area (TPSA) is 101 Å². The maximum Gasteiger partial charge on any atom is 0.268 e. The molecule has 0 aliphatic rings. The average Bonchev–Trinajstić information content (AvgIpc) is 2.94. The molecule has 1 aromatic heterocycles. The number of hydrogen-bond acceptors (Lipinski definition) is 5. The second-order valence-corrected chi connectivity index (χ2v) is 3.82. The van der Waals surface area contributed by atoms with Crippen molar-refractivity contribution >= 4 is 5.91 Å². The number of nitrogens with one attached hydrogen (secondary N) is 1. The van der Waals surface area contributed by atoms with Gasteiger partial charge in [0.1, 0.15) is 18.6 Å². The van der Waals surface area contributed by atoms with Crippen LogP contribution in [0.5, 0.6) is 5.75 Å². The summed E-state index contributed by atoms with van der Waals surface area (Å²) in [6.07, 6.45) is 1.22. The molecule has 0 fully saturated rings. The van der Waals surface area contributed by atoms with Gasteiger partial charge in [-0.3, -0.25) is 10.2 Å². The Bertz CT molecular complexity index is 676. The van der Waals surface area contributed by atoms with Gasteiger partial charge in [-0.25, -0.2) is 10.2 Å². The zero-order valence-corrected chi connectivity index (χ0v) is 10.2. The zero-order valence-electron chi connectivity index (χ0n) is 10.2. The third-order valence-electron chi connectivity index (χ3n) is 2.48. The minimum Gasteiger partial charge on any atom is -0.483 e. The second kappa shape index (κ2) is 5.86. The Kier molecular flexibility index (Phi) is 3.98. The number of benzene rings is 1. The number of carbonyl (C=O) groups is 1. The number of halogens is 1. The summed E-state index contributed by atoms with van der Waals surface area (Å²) >= 11 is 0. The molecule has 20 heavy (non-hydrogen) atoms. The number of ether oxygens (including phenoxy) is 1. The summed E-state index contributed by atoms with van der Waals surface area (Å²) in [5.41, 5.74) is 2.41. The molecule has 2 rings (SSSR count). The van der Waals surface area contributed by atoms with Crippen LogP contribution in [0.25, 0.3) is 0 Å². The fraction of sp³-hybridized carbons (Fsp3) is 0.0769. The predicted octanol–water partition coefficient (Wildman–Crippen LogP) is 1.47. The van der Waals surface area contributed by atoms with Gasteiger partial charge >= 0.3 is 0 Å². The Hall–Kier alpha value is -2.85. The van der Waals surface area contributed by atoms with E-state index in [2.05, 4.69) is 0 Å². The molecular weight excluding hydrogens is 265 g/mol. The van der Waals surface area contributed by atoms with Crippen molar-refractivity contribution in [1.82, 2.24) is 5.43 Å². The van der Waals surface area contributed by atoms with Crippen LogP contribution in [0.4, 0.5) is 4.39 Å². The van der Waals surface area contributed by atoms with Crippen LogP contribution >= 0.6 is 0 Å². The summed E-state index contributed by atoms with van der Waals surface area (Å²) in [7, 11) is 0. The quantitative estimate of drug-likeness (QED) is 0.500. The van der Waals surface area contributed by atoms with Crippen molar-refractivity contribution in [3.8, 4) is 11.8 Å². The van der Waals surface area contributed by atoms with Crippen LogP contribution in [0.1, 0.15) is 21.7 Å². The van der Waals surface area contributed by atoms with Crippen LogP contribution in [0.15, 0.2) is 34.9 Å². The number of furan rings is 1.